The molecule has 0 amide bonds. The number of ether oxygens (including phenoxy) is 1. The predicted molar refractivity (Wildman–Crippen MR) is 71.9 cm³/mol. The number of unbranched alkanes of at least 4 members (excludes halogenated alkanes) is 1. The number of hydrogen-bond donors (Lipinski definition) is 1. The molecule has 98 valence electrons. The summed E-state index contributed by atoms with van der Waals surface area (Å²) >= 11 is 0. The lowest BCUT2D eigenvalue weighted by atomic mass is 10.3. The molecule has 2 rings (SSSR count). The second-order valence-electron chi connectivity index (χ2n) is 4.29. The maximum absolute atomic E-state index is 5.47. The fourth-order valence-corrected chi connectivity index (χ4v) is 1.70. The number of anilines is 1. The molecule has 2 aromatic rings. The average Bonchev–Trinajstić information content (AvgIpc) is 2.78. The smallest absolute Gasteiger partial charge is 0.243 e. The number of aromatic nitrogens is 3. The summed E-state index contributed by atoms with van der Waals surface area (Å²) in [4.78, 5) is 4.43. The molecule has 0 atom stereocenters. The van der Waals surface area contributed by atoms with E-state index >= 15 is 0 Å². The Kier molecular flexibility index (Phi) is 4.52. The van der Waals surface area contributed by atoms with E-state index in [2.05, 4.69) is 22.3 Å². The first kappa shape index (κ1) is 12.8. The van der Waals surface area contributed by atoms with Gasteiger partial charge in [-0.25, -0.2) is 4.52 Å². The zero-order valence-corrected chi connectivity index (χ0v) is 11.0. The highest BCUT2D eigenvalue weighted by atomic mass is 16.5. The van der Waals surface area contributed by atoms with Gasteiger partial charge in [0.25, 0.3) is 0 Å². The minimum atomic E-state index is 0.656. The Bertz CT molecular complexity index is 495. The van der Waals surface area contributed by atoms with Crippen molar-refractivity contribution >= 4 is 11.6 Å². The lowest BCUT2D eigenvalue weighted by Gasteiger charge is -2.03. The first-order valence-electron chi connectivity index (χ1n) is 6.45. The van der Waals surface area contributed by atoms with Gasteiger partial charge in [0.1, 0.15) is 0 Å². The summed E-state index contributed by atoms with van der Waals surface area (Å²) in [5, 5.41) is 7.52. The van der Waals surface area contributed by atoms with Gasteiger partial charge in [-0.15, -0.1) is 5.10 Å². The molecule has 0 saturated carbocycles. The van der Waals surface area contributed by atoms with Crippen LogP contribution >= 0.6 is 0 Å². The number of hydrogen-bond acceptors (Lipinski definition) is 4. The van der Waals surface area contributed by atoms with Gasteiger partial charge in [0.2, 0.25) is 5.95 Å². The molecule has 0 fully saturated rings. The highest BCUT2D eigenvalue weighted by molar-refractivity contribution is 5.49. The van der Waals surface area contributed by atoms with Crippen LogP contribution in [0.1, 0.15) is 25.3 Å². The Labute approximate surface area is 107 Å². The van der Waals surface area contributed by atoms with E-state index in [4.69, 9.17) is 4.74 Å². The van der Waals surface area contributed by atoms with E-state index in [-0.39, 0.29) is 0 Å². The summed E-state index contributed by atoms with van der Waals surface area (Å²) < 4.78 is 7.26. The van der Waals surface area contributed by atoms with Gasteiger partial charge in [0.05, 0.1) is 6.61 Å². The average molecular weight is 248 g/mol. The van der Waals surface area contributed by atoms with Crippen LogP contribution < -0.4 is 5.32 Å². The molecule has 0 bridgehead atoms. The molecule has 0 aromatic carbocycles. The normalized spacial score (nSPS) is 11.0. The van der Waals surface area contributed by atoms with E-state index in [0.29, 0.717) is 12.6 Å². The van der Waals surface area contributed by atoms with Crippen LogP contribution in [0.2, 0.25) is 0 Å². The van der Waals surface area contributed by atoms with Crippen molar-refractivity contribution in [3.05, 3.63) is 23.9 Å². The summed E-state index contributed by atoms with van der Waals surface area (Å²) in [5.41, 5.74) is 2.02. The van der Waals surface area contributed by atoms with Crippen molar-refractivity contribution in [1.82, 2.24) is 14.6 Å². The third kappa shape index (κ3) is 3.20. The van der Waals surface area contributed by atoms with Gasteiger partial charge in [0, 0.05) is 19.3 Å². The summed E-state index contributed by atoms with van der Waals surface area (Å²) in [5.74, 6) is 0.656. The van der Waals surface area contributed by atoms with E-state index in [1.165, 1.54) is 6.42 Å². The van der Waals surface area contributed by atoms with E-state index in [1.54, 1.807) is 4.52 Å². The molecule has 1 N–H and O–H groups in total. The lowest BCUT2D eigenvalue weighted by molar-refractivity contribution is 0.141. The van der Waals surface area contributed by atoms with Gasteiger partial charge in [-0.05, 0) is 25.0 Å². The molecule has 0 spiro atoms. The molecule has 0 radical (unpaired) electrons. The molecule has 0 aliphatic rings. The van der Waals surface area contributed by atoms with Crippen molar-refractivity contribution in [3.63, 3.8) is 0 Å². The fourth-order valence-electron chi connectivity index (χ4n) is 1.70. The molecule has 5 heteroatoms. The molecule has 2 heterocycles. The molecule has 2 aromatic heterocycles. The van der Waals surface area contributed by atoms with Gasteiger partial charge in [-0.2, -0.15) is 4.98 Å². The van der Waals surface area contributed by atoms with Gasteiger partial charge in [-0.1, -0.05) is 19.4 Å². The third-order valence-corrected chi connectivity index (χ3v) is 2.73. The number of nitrogens with zero attached hydrogens (tertiary/aromatic N) is 3. The number of aryl methyl sites for hydroxylation is 1. The second-order valence-corrected chi connectivity index (χ2v) is 4.29. The predicted octanol–water partition coefficient (Wildman–Crippen LogP) is 2.27. The molecular formula is C13H20N4O. The van der Waals surface area contributed by atoms with Crippen LogP contribution in [0.3, 0.4) is 0 Å². The Balaban J connectivity index is 1.83. The number of nitrogens with one attached hydrogen (secondary N) is 1. The molecule has 0 aliphatic carbocycles. The van der Waals surface area contributed by atoms with Crippen molar-refractivity contribution < 1.29 is 4.74 Å². The van der Waals surface area contributed by atoms with Crippen LogP contribution in [0.4, 0.5) is 5.95 Å². The van der Waals surface area contributed by atoms with Crippen molar-refractivity contribution in [2.45, 2.75) is 26.7 Å². The molecule has 5 nitrogen and oxygen atoms in total. The maximum Gasteiger partial charge on any atom is 0.243 e. The lowest BCUT2D eigenvalue weighted by Crippen LogP contribution is -2.10. The Morgan fingerprint density at radius 2 is 2.28 bits per heavy atom. The minimum Gasteiger partial charge on any atom is -0.380 e. The molecule has 0 aliphatic heterocycles. The Morgan fingerprint density at radius 1 is 1.39 bits per heavy atom. The van der Waals surface area contributed by atoms with Gasteiger partial charge < -0.3 is 10.1 Å². The Morgan fingerprint density at radius 3 is 3.06 bits per heavy atom. The second kappa shape index (κ2) is 6.35. The first-order valence-corrected chi connectivity index (χ1v) is 6.45. The minimum absolute atomic E-state index is 0.656. The van der Waals surface area contributed by atoms with Gasteiger partial charge in [-0.3, -0.25) is 0 Å². The largest absolute Gasteiger partial charge is 0.380 e. The van der Waals surface area contributed by atoms with Crippen molar-refractivity contribution in [2.75, 3.05) is 25.1 Å². The third-order valence-electron chi connectivity index (χ3n) is 2.73. The maximum atomic E-state index is 5.47. The van der Waals surface area contributed by atoms with Crippen LogP contribution in [-0.2, 0) is 4.74 Å². The van der Waals surface area contributed by atoms with Gasteiger partial charge >= 0.3 is 0 Å². The molecule has 0 unspecified atom stereocenters. The highest BCUT2D eigenvalue weighted by Crippen LogP contribution is 2.09. The topological polar surface area (TPSA) is 51.5 Å². The number of pyridine rings is 1. The fraction of sp³-hybridized carbons (Fsp3) is 0.538. The van der Waals surface area contributed by atoms with Crippen molar-refractivity contribution in [2.24, 2.45) is 0 Å². The molecule has 0 saturated heterocycles. The monoisotopic (exact) mass is 248 g/mol. The zero-order valence-electron chi connectivity index (χ0n) is 11.0. The first-order chi connectivity index (χ1) is 8.81. The van der Waals surface area contributed by atoms with Gasteiger partial charge in [0.15, 0.2) is 5.65 Å². The van der Waals surface area contributed by atoms with Crippen molar-refractivity contribution in [3.8, 4) is 0 Å². The van der Waals surface area contributed by atoms with Crippen LogP contribution in [0.15, 0.2) is 18.3 Å². The van der Waals surface area contributed by atoms with E-state index < -0.39 is 0 Å². The summed E-state index contributed by atoms with van der Waals surface area (Å²) in [6.45, 7) is 6.44. The standard InChI is InChI=1S/C13H20N4O/c1-3-4-9-18-10-7-14-13-15-12-11(2)6-5-8-17(12)16-13/h5-6,8H,3-4,7,9-10H2,1-2H3,(H,14,16). The van der Waals surface area contributed by atoms with E-state index in [1.807, 2.05) is 25.3 Å². The number of fused-ring (bicyclic) bond motifs is 1. The number of rotatable bonds is 7. The van der Waals surface area contributed by atoms with E-state index in [9.17, 15) is 0 Å². The van der Waals surface area contributed by atoms with Crippen LogP contribution in [0, 0.1) is 6.92 Å². The summed E-state index contributed by atoms with van der Waals surface area (Å²) in [6.07, 6.45) is 4.19. The zero-order chi connectivity index (χ0) is 12.8. The Hall–Kier alpha value is -1.62. The molecule has 18 heavy (non-hydrogen) atoms. The van der Waals surface area contributed by atoms with E-state index in [0.717, 1.165) is 30.8 Å². The van der Waals surface area contributed by atoms with Crippen LogP contribution in [-0.4, -0.2) is 34.4 Å². The quantitative estimate of drug-likeness (QED) is 0.764. The van der Waals surface area contributed by atoms with Crippen LogP contribution in [0.5, 0.6) is 0 Å². The molecular weight excluding hydrogens is 228 g/mol. The van der Waals surface area contributed by atoms with Crippen LogP contribution in [0.25, 0.3) is 5.65 Å². The SMILES string of the molecule is CCCCOCCNc1nc2c(C)cccn2n1. The highest BCUT2D eigenvalue weighted by Gasteiger charge is 2.04. The summed E-state index contributed by atoms with van der Waals surface area (Å²) in [6, 6.07) is 4.00. The van der Waals surface area contributed by atoms with Crippen molar-refractivity contribution in [1.29, 1.82) is 0 Å². The summed E-state index contributed by atoms with van der Waals surface area (Å²) in [7, 11) is 0.